The maximum Gasteiger partial charge on any atom is 0.253 e. The minimum atomic E-state index is -0.550. The van der Waals surface area contributed by atoms with Gasteiger partial charge in [-0.1, -0.05) is 0 Å². The van der Waals surface area contributed by atoms with E-state index in [9.17, 15) is 4.79 Å². The number of anilines is 1. The van der Waals surface area contributed by atoms with Gasteiger partial charge in [0.2, 0.25) is 0 Å². The Morgan fingerprint density at radius 2 is 2.23 bits per heavy atom. The summed E-state index contributed by atoms with van der Waals surface area (Å²) in [7, 11) is 1.99. The number of pyridine rings is 1. The molecule has 0 bridgehead atoms. The number of carbonyl (C=O) groups is 1. The molecule has 2 aliphatic heterocycles. The number of morpholine rings is 1. The minimum Gasteiger partial charge on any atom is -0.377 e. The molecule has 0 N–H and O–H groups in total. The fourth-order valence-corrected chi connectivity index (χ4v) is 3.51. The van der Waals surface area contributed by atoms with Crippen molar-refractivity contribution < 1.29 is 14.3 Å². The Kier molecular flexibility index (Phi) is 4.71. The van der Waals surface area contributed by atoms with Gasteiger partial charge < -0.3 is 18.9 Å². The van der Waals surface area contributed by atoms with Crippen LogP contribution in [0.25, 0.3) is 0 Å². The van der Waals surface area contributed by atoms with Crippen LogP contribution in [0.2, 0.25) is 0 Å². The molecule has 4 heterocycles. The number of aromatic nitrogens is 3. The summed E-state index contributed by atoms with van der Waals surface area (Å²) in [4.78, 5) is 25.0. The van der Waals surface area contributed by atoms with Crippen LogP contribution >= 0.6 is 0 Å². The zero-order valence-electron chi connectivity index (χ0n) is 14.9. The fourth-order valence-electron chi connectivity index (χ4n) is 3.51. The molecule has 2 aliphatic rings. The Morgan fingerprint density at radius 1 is 1.31 bits per heavy atom. The zero-order valence-corrected chi connectivity index (χ0v) is 14.9. The van der Waals surface area contributed by atoms with E-state index >= 15 is 0 Å². The third-order valence-electron chi connectivity index (χ3n) is 4.92. The smallest absolute Gasteiger partial charge is 0.253 e. The summed E-state index contributed by atoms with van der Waals surface area (Å²) < 4.78 is 13.9. The van der Waals surface area contributed by atoms with Gasteiger partial charge in [0, 0.05) is 38.7 Å². The van der Waals surface area contributed by atoms with Crippen LogP contribution in [-0.4, -0.2) is 70.4 Å². The molecule has 4 rings (SSSR count). The summed E-state index contributed by atoms with van der Waals surface area (Å²) in [6, 6.07) is 3.73. The van der Waals surface area contributed by atoms with E-state index in [-0.39, 0.29) is 12.5 Å². The first-order valence-corrected chi connectivity index (χ1v) is 8.76. The van der Waals surface area contributed by atoms with Gasteiger partial charge in [-0.2, -0.15) is 0 Å². The average Bonchev–Trinajstić information content (AvgIpc) is 2.95. The van der Waals surface area contributed by atoms with E-state index in [0.717, 1.165) is 24.6 Å². The quantitative estimate of drug-likeness (QED) is 0.794. The molecule has 8 nitrogen and oxygen atoms in total. The van der Waals surface area contributed by atoms with Gasteiger partial charge in [-0.05, 0) is 12.1 Å². The molecule has 2 saturated heterocycles. The number of imidazole rings is 1. The van der Waals surface area contributed by atoms with E-state index in [1.807, 2.05) is 29.9 Å². The molecule has 2 aromatic rings. The number of rotatable bonds is 3. The largest absolute Gasteiger partial charge is 0.377 e. The molecular formula is C18H23N5O3. The molecule has 1 unspecified atom stereocenters. The number of ether oxygens (including phenoxy) is 2. The number of nitrogens with zero attached hydrogens (tertiary/aromatic N) is 5. The third-order valence-corrected chi connectivity index (χ3v) is 4.92. The highest BCUT2D eigenvalue weighted by atomic mass is 16.6. The summed E-state index contributed by atoms with van der Waals surface area (Å²) in [5.41, 5.74) is 0.242. The van der Waals surface area contributed by atoms with Crippen molar-refractivity contribution >= 4 is 11.6 Å². The van der Waals surface area contributed by atoms with Crippen LogP contribution in [0.15, 0.2) is 36.9 Å². The predicted molar refractivity (Wildman–Crippen MR) is 94.6 cm³/mol. The summed E-state index contributed by atoms with van der Waals surface area (Å²) in [5.74, 6) is 0.946. The molecule has 0 saturated carbocycles. The first-order valence-electron chi connectivity index (χ1n) is 8.76. The van der Waals surface area contributed by atoms with Gasteiger partial charge in [-0.25, -0.2) is 4.98 Å². The van der Waals surface area contributed by atoms with Crippen molar-refractivity contribution in [3.05, 3.63) is 42.7 Å². The molecule has 2 aromatic heterocycles. The van der Waals surface area contributed by atoms with Gasteiger partial charge in [-0.15, -0.1) is 0 Å². The number of hydrogen-bond donors (Lipinski definition) is 0. The molecule has 1 amide bonds. The molecule has 1 spiro atoms. The second-order valence-electron chi connectivity index (χ2n) is 6.88. The van der Waals surface area contributed by atoms with E-state index in [0.29, 0.717) is 26.3 Å². The molecule has 8 heteroatoms. The molecule has 138 valence electrons. The van der Waals surface area contributed by atoms with Crippen LogP contribution in [-0.2, 0) is 27.9 Å². The predicted octanol–water partition coefficient (Wildman–Crippen LogP) is 0.450. The highest BCUT2D eigenvalue weighted by molar-refractivity contribution is 5.95. The lowest BCUT2D eigenvalue weighted by Gasteiger charge is -2.42. The normalized spacial score (nSPS) is 24.8. The Bertz CT molecular complexity index is 765. The molecule has 1 atom stereocenters. The Labute approximate surface area is 152 Å². The molecular weight excluding hydrogens is 334 g/mol. The molecule has 2 fully saturated rings. The summed E-state index contributed by atoms with van der Waals surface area (Å²) in [6.07, 6.45) is 7.16. The summed E-state index contributed by atoms with van der Waals surface area (Å²) >= 11 is 0. The van der Waals surface area contributed by atoms with Crippen molar-refractivity contribution in [3.63, 3.8) is 0 Å². The van der Waals surface area contributed by atoms with Gasteiger partial charge >= 0.3 is 0 Å². The molecule has 0 aromatic carbocycles. The first-order chi connectivity index (χ1) is 12.7. The summed E-state index contributed by atoms with van der Waals surface area (Å²) in [6.45, 7) is 3.81. The average molecular weight is 357 g/mol. The Morgan fingerprint density at radius 3 is 3.00 bits per heavy atom. The van der Waals surface area contributed by atoms with Crippen LogP contribution in [0.1, 0.15) is 5.82 Å². The molecule has 26 heavy (non-hydrogen) atoms. The standard InChI is InChI=1S/C18H23N5O3/c1-21-6-5-20-16(21)10-22-7-8-25-14-18(12-22)13-23(17(24)11-26-18)15-3-2-4-19-9-15/h2-6,9H,7-8,10-14H2,1H3. The second kappa shape index (κ2) is 7.14. The van der Waals surface area contributed by atoms with E-state index in [4.69, 9.17) is 9.47 Å². The van der Waals surface area contributed by atoms with E-state index in [2.05, 4.69) is 14.9 Å². The first kappa shape index (κ1) is 17.1. The lowest BCUT2D eigenvalue weighted by atomic mass is 10.0. The number of hydrogen-bond acceptors (Lipinski definition) is 6. The van der Waals surface area contributed by atoms with Crippen molar-refractivity contribution in [2.45, 2.75) is 12.1 Å². The lowest BCUT2D eigenvalue weighted by molar-refractivity contribution is -0.146. The van der Waals surface area contributed by atoms with E-state index < -0.39 is 5.60 Å². The van der Waals surface area contributed by atoms with Crippen molar-refractivity contribution in [2.75, 3.05) is 44.4 Å². The number of amides is 1. The summed E-state index contributed by atoms with van der Waals surface area (Å²) in [5, 5.41) is 0. The Balaban J connectivity index is 1.53. The van der Waals surface area contributed by atoms with Crippen LogP contribution in [0.3, 0.4) is 0 Å². The number of carbonyl (C=O) groups excluding carboxylic acids is 1. The Hall–Kier alpha value is -2.29. The third kappa shape index (κ3) is 3.48. The molecule has 0 aliphatic carbocycles. The monoisotopic (exact) mass is 357 g/mol. The highest BCUT2D eigenvalue weighted by Gasteiger charge is 2.43. The number of aryl methyl sites for hydroxylation is 1. The topological polar surface area (TPSA) is 72.7 Å². The van der Waals surface area contributed by atoms with Gasteiger partial charge in [0.05, 0.1) is 38.2 Å². The van der Waals surface area contributed by atoms with Crippen molar-refractivity contribution in [1.82, 2.24) is 19.4 Å². The van der Waals surface area contributed by atoms with Crippen molar-refractivity contribution in [1.29, 1.82) is 0 Å². The van der Waals surface area contributed by atoms with Gasteiger partial charge in [-0.3, -0.25) is 14.7 Å². The van der Waals surface area contributed by atoms with Crippen LogP contribution in [0, 0.1) is 0 Å². The minimum absolute atomic E-state index is 0.0501. The zero-order chi connectivity index (χ0) is 18.0. The van der Waals surface area contributed by atoms with Crippen LogP contribution < -0.4 is 4.90 Å². The van der Waals surface area contributed by atoms with Gasteiger partial charge in [0.1, 0.15) is 18.0 Å². The molecule has 0 radical (unpaired) electrons. The van der Waals surface area contributed by atoms with Crippen molar-refractivity contribution in [3.8, 4) is 0 Å². The SMILES string of the molecule is Cn1ccnc1CN1CCOCC2(C1)CN(c1cccnc1)C(=O)CO2. The maximum atomic E-state index is 12.4. The van der Waals surface area contributed by atoms with Gasteiger partial charge in [0.25, 0.3) is 5.91 Å². The lowest BCUT2D eigenvalue weighted by Crippen LogP contribution is -2.60. The van der Waals surface area contributed by atoms with Gasteiger partial charge in [0.15, 0.2) is 0 Å². The van der Waals surface area contributed by atoms with Crippen LogP contribution in [0.5, 0.6) is 0 Å². The highest BCUT2D eigenvalue weighted by Crippen LogP contribution is 2.27. The fraction of sp³-hybridized carbons (Fsp3) is 0.500. The van der Waals surface area contributed by atoms with E-state index in [1.54, 1.807) is 23.5 Å². The second-order valence-corrected chi connectivity index (χ2v) is 6.88. The van der Waals surface area contributed by atoms with Crippen LogP contribution in [0.4, 0.5) is 5.69 Å². The van der Waals surface area contributed by atoms with E-state index in [1.165, 1.54) is 0 Å². The maximum absolute atomic E-state index is 12.4. The van der Waals surface area contributed by atoms with Crippen molar-refractivity contribution in [2.24, 2.45) is 7.05 Å².